The highest BCUT2D eigenvalue weighted by Gasteiger charge is 2.48. The van der Waals surface area contributed by atoms with Gasteiger partial charge in [-0.1, -0.05) is 12.8 Å². The van der Waals surface area contributed by atoms with Crippen LogP contribution in [0.4, 0.5) is 0 Å². The van der Waals surface area contributed by atoms with Crippen molar-refractivity contribution < 1.29 is 23.8 Å². The molecule has 0 radical (unpaired) electrons. The van der Waals surface area contributed by atoms with Gasteiger partial charge in [-0.15, -0.1) is 0 Å². The Morgan fingerprint density at radius 3 is 2.86 bits per heavy atom. The van der Waals surface area contributed by atoms with Gasteiger partial charge in [0.1, 0.15) is 18.4 Å². The number of ether oxygens (including phenoxy) is 1. The van der Waals surface area contributed by atoms with Crippen molar-refractivity contribution in [1.29, 1.82) is 0 Å². The number of furan rings is 1. The summed E-state index contributed by atoms with van der Waals surface area (Å²) in [6, 6.07) is 2.59. The van der Waals surface area contributed by atoms with E-state index in [1.165, 1.54) is 0 Å². The third-order valence-electron chi connectivity index (χ3n) is 4.77. The maximum atomic E-state index is 12.8. The Kier molecular flexibility index (Phi) is 4.20. The highest BCUT2D eigenvalue weighted by molar-refractivity contribution is 5.95. The Morgan fingerprint density at radius 2 is 2.14 bits per heavy atom. The van der Waals surface area contributed by atoms with Gasteiger partial charge < -0.3 is 19.2 Å². The van der Waals surface area contributed by atoms with Crippen LogP contribution in [0.1, 0.15) is 48.4 Å². The first-order valence-electron chi connectivity index (χ1n) is 7.75. The summed E-state index contributed by atoms with van der Waals surface area (Å²) in [6.45, 7) is 0.293. The Morgan fingerprint density at radius 1 is 1.36 bits per heavy atom. The van der Waals surface area contributed by atoms with E-state index in [0.29, 0.717) is 24.7 Å². The van der Waals surface area contributed by atoms with Crippen LogP contribution in [-0.2, 0) is 16.1 Å². The molecule has 1 N–H and O–H groups in total. The predicted octanol–water partition coefficient (Wildman–Crippen LogP) is 2.28. The molecule has 3 rings (SSSR count). The van der Waals surface area contributed by atoms with Gasteiger partial charge in [0.25, 0.3) is 5.91 Å². The van der Waals surface area contributed by atoms with E-state index < -0.39 is 12.0 Å². The molecule has 0 bridgehead atoms. The number of rotatable bonds is 4. The zero-order chi connectivity index (χ0) is 15.7. The van der Waals surface area contributed by atoms with E-state index in [9.17, 15) is 14.7 Å². The molecule has 2 fully saturated rings. The average Bonchev–Trinajstić information content (AvgIpc) is 3.11. The fourth-order valence-electron chi connectivity index (χ4n) is 3.81. The van der Waals surface area contributed by atoms with Gasteiger partial charge in [-0.3, -0.25) is 4.79 Å². The molecular weight excluding hydrogens is 286 g/mol. The zero-order valence-electron chi connectivity index (χ0n) is 12.7. The molecule has 1 aliphatic heterocycles. The number of hydrogen-bond donors (Lipinski definition) is 1. The molecule has 0 spiro atoms. The maximum Gasteiger partial charge on any atom is 0.326 e. The topological polar surface area (TPSA) is 80.0 Å². The predicted molar refractivity (Wildman–Crippen MR) is 77.4 cm³/mol. The molecule has 6 heteroatoms. The van der Waals surface area contributed by atoms with Gasteiger partial charge >= 0.3 is 5.97 Å². The summed E-state index contributed by atoms with van der Waals surface area (Å²) in [5, 5.41) is 9.47. The number of carbonyl (C=O) groups is 2. The van der Waals surface area contributed by atoms with Crippen molar-refractivity contribution in [2.24, 2.45) is 5.92 Å². The van der Waals surface area contributed by atoms with E-state index in [2.05, 4.69) is 0 Å². The van der Waals surface area contributed by atoms with Gasteiger partial charge in [0.15, 0.2) is 5.76 Å². The lowest BCUT2D eigenvalue weighted by Crippen LogP contribution is -2.46. The normalized spacial score (nSPS) is 27.7. The van der Waals surface area contributed by atoms with Crippen LogP contribution in [0.3, 0.4) is 0 Å². The fraction of sp³-hybridized carbons (Fsp3) is 0.625. The van der Waals surface area contributed by atoms with Crippen molar-refractivity contribution in [2.45, 2.75) is 50.8 Å². The summed E-state index contributed by atoms with van der Waals surface area (Å²) in [5.41, 5.74) is 0. The molecule has 120 valence electrons. The first-order chi connectivity index (χ1) is 10.6. The number of hydrogen-bond acceptors (Lipinski definition) is 4. The second kappa shape index (κ2) is 6.12. The number of aliphatic carboxylic acids is 1. The van der Waals surface area contributed by atoms with Crippen LogP contribution in [0, 0.1) is 5.92 Å². The Labute approximate surface area is 129 Å². The van der Waals surface area contributed by atoms with Crippen molar-refractivity contribution in [3.05, 3.63) is 23.7 Å². The highest BCUT2D eigenvalue weighted by Crippen LogP contribution is 2.40. The molecule has 0 unspecified atom stereocenters. The SMILES string of the molecule is COCc1ccc(C(=O)N2[C@H](C(=O)O)C[C@@H]3CCCC[C@@H]32)o1. The lowest BCUT2D eigenvalue weighted by molar-refractivity contribution is -0.141. The molecule has 1 aliphatic carbocycles. The van der Waals surface area contributed by atoms with Gasteiger partial charge in [-0.2, -0.15) is 0 Å². The first-order valence-corrected chi connectivity index (χ1v) is 7.75. The van der Waals surface area contributed by atoms with E-state index in [1.54, 1.807) is 24.1 Å². The second-order valence-electron chi connectivity index (χ2n) is 6.11. The highest BCUT2D eigenvalue weighted by atomic mass is 16.5. The van der Waals surface area contributed by atoms with Crippen molar-refractivity contribution in [2.75, 3.05) is 7.11 Å². The minimum Gasteiger partial charge on any atom is -0.480 e. The smallest absolute Gasteiger partial charge is 0.326 e. The largest absolute Gasteiger partial charge is 0.480 e. The minimum atomic E-state index is -0.925. The van der Waals surface area contributed by atoms with Gasteiger partial charge in [0.05, 0.1) is 0 Å². The number of fused-ring (bicyclic) bond motifs is 1. The van der Waals surface area contributed by atoms with Crippen molar-refractivity contribution >= 4 is 11.9 Å². The van der Waals surface area contributed by atoms with Crippen LogP contribution in [0.5, 0.6) is 0 Å². The molecule has 1 saturated carbocycles. The second-order valence-corrected chi connectivity index (χ2v) is 6.11. The Bertz CT molecular complexity index is 567. The summed E-state index contributed by atoms with van der Waals surface area (Å²) in [5.74, 6) is -0.176. The van der Waals surface area contributed by atoms with Crippen molar-refractivity contribution in [3.63, 3.8) is 0 Å². The van der Waals surface area contributed by atoms with Crippen LogP contribution < -0.4 is 0 Å². The average molecular weight is 307 g/mol. The molecule has 1 aromatic rings. The third kappa shape index (κ3) is 2.63. The molecular formula is C16H21NO5. The lowest BCUT2D eigenvalue weighted by atomic mass is 9.84. The van der Waals surface area contributed by atoms with Gasteiger partial charge in [0.2, 0.25) is 0 Å². The third-order valence-corrected chi connectivity index (χ3v) is 4.77. The zero-order valence-corrected chi connectivity index (χ0v) is 12.7. The number of carboxylic acids is 1. The van der Waals surface area contributed by atoms with E-state index in [-0.39, 0.29) is 17.7 Å². The van der Waals surface area contributed by atoms with Crippen LogP contribution in [0.25, 0.3) is 0 Å². The van der Waals surface area contributed by atoms with Crippen LogP contribution in [0.2, 0.25) is 0 Å². The Hall–Kier alpha value is -1.82. The van der Waals surface area contributed by atoms with Crippen molar-refractivity contribution in [1.82, 2.24) is 4.90 Å². The van der Waals surface area contributed by atoms with Gasteiger partial charge in [-0.25, -0.2) is 4.79 Å². The summed E-state index contributed by atoms with van der Waals surface area (Å²) < 4.78 is 10.5. The molecule has 2 aliphatic rings. The number of methoxy groups -OCH3 is 1. The summed E-state index contributed by atoms with van der Waals surface area (Å²) in [6.07, 6.45) is 4.60. The van der Waals surface area contributed by atoms with Gasteiger partial charge in [-0.05, 0) is 37.3 Å². The monoisotopic (exact) mass is 307 g/mol. The van der Waals surface area contributed by atoms with Crippen LogP contribution >= 0.6 is 0 Å². The number of carboxylic acid groups (broad SMARTS) is 1. The molecule has 1 amide bonds. The molecule has 6 nitrogen and oxygen atoms in total. The number of carbonyl (C=O) groups excluding carboxylic acids is 1. The molecule has 22 heavy (non-hydrogen) atoms. The van der Waals surface area contributed by atoms with E-state index >= 15 is 0 Å². The molecule has 1 saturated heterocycles. The van der Waals surface area contributed by atoms with E-state index in [4.69, 9.17) is 9.15 Å². The molecule has 2 heterocycles. The summed E-state index contributed by atoms with van der Waals surface area (Å²) in [4.78, 5) is 25.9. The van der Waals surface area contributed by atoms with Crippen LogP contribution in [-0.4, -0.2) is 41.1 Å². The summed E-state index contributed by atoms with van der Waals surface area (Å²) >= 11 is 0. The summed E-state index contributed by atoms with van der Waals surface area (Å²) in [7, 11) is 1.55. The van der Waals surface area contributed by atoms with Gasteiger partial charge in [0, 0.05) is 13.2 Å². The molecule has 1 aromatic heterocycles. The lowest BCUT2D eigenvalue weighted by Gasteiger charge is -2.32. The first kappa shape index (κ1) is 15.1. The number of nitrogens with zero attached hydrogens (tertiary/aromatic N) is 1. The maximum absolute atomic E-state index is 12.8. The Balaban J connectivity index is 1.85. The van der Waals surface area contributed by atoms with E-state index in [0.717, 1.165) is 25.7 Å². The van der Waals surface area contributed by atoms with Crippen LogP contribution in [0.15, 0.2) is 16.5 Å². The van der Waals surface area contributed by atoms with E-state index in [1.807, 2.05) is 0 Å². The molecule has 0 aromatic carbocycles. The number of amides is 1. The number of likely N-dealkylation sites (tertiary alicyclic amines) is 1. The quantitative estimate of drug-likeness (QED) is 0.923. The van der Waals surface area contributed by atoms with Crippen molar-refractivity contribution in [3.8, 4) is 0 Å². The minimum absolute atomic E-state index is 0.0262. The standard InChI is InChI=1S/C16H21NO5/c1-21-9-11-6-7-14(22-11)15(18)17-12-5-3-2-4-10(12)8-13(17)16(19)20/h6-7,10,12-13H,2-5,8-9H2,1H3,(H,19,20)/t10-,12-,13-/m0/s1. The molecule has 3 atom stereocenters. The fourth-order valence-corrected chi connectivity index (χ4v) is 3.81.